The van der Waals surface area contributed by atoms with Crippen LogP contribution in [-0.2, 0) is 0 Å². The molecule has 0 aliphatic heterocycles. The van der Waals surface area contributed by atoms with Crippen LogP contribution < -0.4 is 0 Å². The van der Waals surface area contributed by atoms with E-state index in [1.807, 2.05) is 18.2 Å². The molecule has 118 valence electrons. The van der Waals surface area contributed by atoms with E-state index in [-0.39, 0.29) is 23.2 Å². The van der Waals surface area contributed by atoms with Crippen molar-refractivity contribution >= 4 is 6.08 Å². The maximum absolute atomic E-state index is 10.6. The first-order chi connectivity index (χ1) is 9.75. The zero-order valence-corrected chi connectivity index (χ0v) is 14.0. The highest BCUT2D eigenvalue weighted by Crippen LogP contribution is 2.34. The molecule has 0 bridgehead atoms. The number of phenolic OH excluding ortho intramolecular Hbond substituents is 1. The van der Waals surface area contributed by atoms with Crippen LogP contribution in [0.5, 0.6) is 5.75 Å². The number of rotatable bonds is 6. The molecule has 0 aromatic heterocycles. The van der Waals surface area contributed by atoms with Gasteiger partial charge < -0.3 is 10.2 Å². The zero-order valence-electron chi connectivity index (χ0n) is 14.0. The van der Waals surface area contributed by atoms with Gasteiger partial charge >= 0.3 is 0 Å². The molecule has 0 spiro atoms. The second-order valence-corrected chi connectivity index (χ2v) is 7.08. The Bertz CT molecular complexity index is 440. The van der Waals surface area contributed by atoms with Crippen LogP contribution in [0.4, 0.5) is 0 Å². The number of aliphatic hydroxyl groups excluding tert-OH is 1. The number of allylic oxidation sites excluding steroid dienone is 1. The first kappa shape index (κ1) is 17.8. The Balaban J connectivity index is 2.59. The van der Waals surface area contributed by atoms with Gasteiger partial charge in [0.15, 0.2) is 0 Å². The third kappa shape index (κ3) is 5.55. The van der Waals surface area contributed by atoms with Gasteiger partial charge in [0.1, 0.15) is 5.75 Å². The number of aromatic hydroxyl groups is 1. The van der Waals surface area contributed by atoms with Gasteiger partial charge in [0, 0.05) is 0 Å². The van der Waals surface area contributed by atoms with Crippen molar-refractivity contribution in [3.8, 4) is 5.75 Å². The Morgan fingerprint density at radius 3 is 2.19 bits per heavy atom. The molecule has 0 heterocycles. The molecule has 0 radical (unpaired) electrons. The highest BCUT2D eigenvalue weighted by atomic mass is 16.3. The van der Waals surface area contributed by atoms with Gasteiger partial charge in [0.25, 0.3) is 0 Å². The van der Waals surface area contributed by atoms with E-state index in [1.165, 1.54) is 0 Å². The van der Waals surface area contributed by atoms with Gasteiger partial charge in [-0.1, -0.05) is 65.3 Å². The van der Waals surface area contributed by atoms with Gasteiger partial charge in [0.05, 0.1) is 6.10 Å². The minimum absolute atomic E-state index is 0.128. The van der Waals surface area contributed by atoms with E-state index in [0.717, 1.165) is 18.4 Å². The van der Waals surface area contributed by atoms with Crippen LogP contribution in [0.25, 0.3) is 6.08 Å². The first-order valence-corrected chi connectivity index (χ1v) is 7.89. The SMILES string of the molecule is CC[C@@H]([C@H](O)[C@H](C)C/C=C/c1ccc(O)cc1)C(C)(C)C. The van der Waals surface area contributed by atoms with Gasteiger partial charge in [-0.25, -0.2) is 0 Å². The monoisotopic (exact) mass is 290 g/mol. The van der Waals surface area contributed by atoms with Crippen molar-refractivity contribution in [1.29, 1.82) is 0 Å². The fraction of sp³-hybridized carbons (Fsp3) is 0.579. The number of benzene rings is 1. The summed E-state index contributed by atoms with van der Waals surface area (Å²) in [6.45, 7) is 10.9. The molecular formula is C19H30O2. The Labute approximate surface area is 129 Å². The third-order valence-electron chi connectivity index (χ3n) is 4.26. The van der Waals surface area contributed by atoms with Crippen molar-refractivity contribution in [2.75, 3.05) is 0 Å². The molecule has 2 heteroatoms. The van der Waals surface area contributed by atoms with Gasteiger partial charge in [-0.05, 0) is 41.4 Å². The van der Waals surface area contributed by atoms with E-state index in [2.05, 4.69) is 40.7 Å². The minimum Gasteiger partial charge on any atom is -0.508 e. The van der Waals surface area contributed by atoms with Crippen molar-refractivity contribution in [2.45, 2.75) is 53.6 Å². The summed E-state index contributed by atoms with van der Waals surface area (Å²) >= 11 is 0. The van der Waals surface area contributed by atoms with Crippen molar-refractivity contribution in [3.05, 3.63) is 35.9 Å². The van der Waals surface area contributed by atoms with Gasteiger partial charge in [-0.2, -0.15) is 0 Å². The normalized spacial score (nSPS) is 16.9. The third-order valence-corrected chi connectivity index (χ3v) is 4.26. The van der Waals surface area contributed by atoms with Gasteiger partial charge in [-0.15, -0.1) is 0 Å². The van der Waals surface area contributed by atoms with Crippen LogP contribution in [0.3, 0.4) is 0 Å². The van der Waals surface area contributed by atoms with E-state index in [9.17, 15) is 10.2 Å². The molecule has 0 aliphatic rings. The highest BCUT2D eigenvalue weighted by Gasteiger charge is 2.32. The Morgan fingerprint density at radius 2 is 1.71 bits per heavy atom. The summed E-state index contributed by atoms with van der Waals surface area (Å²) in [5, 5.41) is 19.8. The fourth-order valence-corrected chi connectivity index (χ4v) is 2.91. The number of hydrogen-bond acceptors (Lipinski definition) is 2. The lowest BCUT2D eigenvalue weighted by Crippen LogP contribution is -2.35. The predicted molar refractivity (Wildman–Crippen MR) is 90.2 cm³/mol. The average Bonchev–Trinajstić information content (AvgIpc) is 2.40. The Hall–Kier alpha value is -1.28. The summed E-state index contributed by atoms with van der Waals surface area (Å²) in [5.41, 5.74) is 1.20. The molecule has 0 saturated carbocycles. The largest absolute Gasteiger partial charge is 0.508 e. The summed E-state index contributed by atoms with van der Waals surface area (Å²) in [5.74, 6) is 0.837. The first-order valence-electron chi connectivity index (χ1n) is 7.89. The number of phenols is 1. The van der Waals surface area contributed by atoms with Crippen LogP contribution in [0, 0.1) is 17.3 Å². The molecule has 0 amide bonds. The molecule has 0 saturated heterocycles. The maximum atomic E-state index is 10.6. The molecule has 2 nitrogen and oxygen atoms in total. The minimum atomic E-state index is -0.278. The van der Waals surface area contributed by atoms with E-state index >= 15 is 0 Å². The van der Waals surface area contributed by atoms with Crippen molar-refractivity contribution < 1.29 is 10.2 Å². The van der Waals surface area contributed by atoms with Crippen molar-refractivity contribution in [2.24, 2.45) is 17.3 Å². The molecule has 0 fully saturated rings. The quantitative estimate of drug-likeness (QED) is 0.785. The topological polar surface area (TPSA) is 40.5 Å². The van der Waals surface area contributed by atoms with Crippen LogP contribution in [-0.4, -0.2) is 16.3 Å². The number of hydrogen-bond donors (Lipinski definition) is 2. The highest BCUT2D eigenvalue weighted by molar-refractivity contribution is 5.50. The van der Waals surface area contributed by atoms with E-state index < -0.39 is 0 Å². The van der Waals surface area contributed by atoms with Crippen LogP contribution in [0.1, 0.15) is 53.0 Å². The molecule has 0 aliphatic carbocycles. The summed E-state index contributed by atoms with van der Waals surface area (Å²) in [6.07, 6.45) is 5.72. The molecule has 2 N–H and O–H groups in total. The lowest BCUT2D eigenvalue weighted by molar-refractivity contribution is 0.00401. The smallest absolute Gasteiger partial charge is 0.115 e. The summed E-state index contributed by atoms with van der Waals surface area (Å²) in [7, 11) is 0. The lowest BCUT2D eigenvalue weighted by atomic mass is 9.72. The van der Waals surface area contributed by atoms with Crippen LogP contribution in [0.15, 0.2) is 30.3 Å². The zero-order chi connectivity index (χ0) is 16.0. The molecule has 1 aromatic rings. The lowest BCUT2D eigenvalue weighted by Gasteiger charge is -2.36. The molecule has 0 unspecified atom stereocenters. The van der Waals surface area contributed by atoms with E-state index in [0.29, 0.717) is 5.92 Å². The predicted octanol–water partition coefficient (Wildman–Crippen LogP) is 4.86. The van der Waals surface area contributed by atoms with Crippen LogP contribution in [0.2, 0.25) is 0 Å². The number of aliphatic hydroxyl groups is 1. The van der Waals surface area contributed by atoms with Crippen molar-refractivity contribution in [3.63, 3.8) is 0 Å². The standard InChI is InChI=1S/C19H30O2/c1-6-17(19(3,4)5)18(21)14(2)8-7-9-15-10-12-16(20)13-11-15/h7,9-14,17-18,20-21H,6,8H2,1-5H3/b9-7+/t14-,17+,18-/m1/s1. The summed E-state index contributed by atoms with van der Waals surface area (Å²) < 4.78 is 0. The second kappa shape index (κ2) is 7.65. The molecule has 1 aromatic carbocycles. The second-order valence-electron chi connectivity index (χ2n) is 7.08. The molecule has 1 rings (SSSR count). The maximum Gasteiger partial charge on any atom is 0.115 e. The van der Waals surface area contributed by atoms with Gasteiger partial charge in [-0.3, -0.25) is 0 Å². The van der Waals surface area contributed by atoms with Gasteiger partial charge in [0.2, 0.25) is 0 Å². The van der Waals surface area contributed by atoms with E-state index in [4.69, 9.17) is 0 Å². The van der Waals surface area contributed by atoms with Crippen molar-refractivity contribution in [1.82, 2.24) is 0 Å². The molecular weight excluding hydrogens is 260 g/mol. The fourth-order valence-electron chi connectivity index (χ4n) is 2.91. The average molecular weight is 290 g/mol. The molecule has 21 heavy (non-hydrogen) atoms. The summed E-state index contributed by atoms with van der Waals surface area (Å²) in [4.78, 5) is 0. The molecule has 3 atom stereocenters. The van der Waals surface area contributed by atoms with Crippen LogP contribution >= 0.6 is 0 Å². The summed E-state index contributed by atoms with van der Waals surface area (Å²) in [6, 6.07) is 7.14. The Morgan fingerprint density at radius 1 is 1.14 bits per heavy atom. The van der Waals surface area contributed by atoms with E-state index in [1.54, 1.807) is 12.1 Å². The Kier molecular flexibility index (Phi) is 6.47.